The van der Waals surface area contributed by atoms with Crippen molar-refractivity contribution in [3.05, 3.63) is 53.5 Å². The summed E-state index contributed by atoms with van der Waals surface area (Å²) in [7, 11) is 0. The number of carbonyl (C=O) groups excluding carboxylic acids is 2. The molecule has 7 heteroatoms. The van der Waals surface area contributed by atoms with Gasteiger partial charge < -0.3 is 10.2 Å². The largest absolute Gasteiger partial charge is 0.322 e. The number of nitrogens with zero attached hydrogens (tertiary/aromatic N) is 4. The number of hydrogen-bond donors (Lipinski definition) is 1. The van der Waals surface area contributed by atoms with Crippen molar-refractivity contribution in [1.82, 2.24) is 14.6 Å². The van der Waals surface area contributed by atoms with E-state index in [1.807, 2.05) is 25.1 Å². The number of hydrogen-bond acceptors (Lipinski definition) is 4. The van der Waals surface area contributed by atoms with Crippen molar-refractivity contribution in [2.24, 2.45) is 0 Å². The number of amides is 2. The van der Waals surface area contributed by atoms with Gasteiger partial charge in [-0.2, -0.15) is 5.10 Å². The van der Waals surface area contributed by atoms with Crippen LogP contribution in [0.2, 0.25) is 0 Å². The first kappa shape index (κ1) is 16.3. The molecule has 0 spiro atoms. The minimum absolute atomic E-state index is 0.144. The van der Waals surface area contributed by atoms with Crippen LogP contribution in [0.25, 0.3) is 5.65 Å². The lowest BCUT2D eigenvalue weighted by molar-refractivity contribution is -0.118. The van der Waals surface area contributed by atoms with Crippen molar-refractivity contribution in [3.63, 3.8) is 0 Å². The maximum atomic E-state index is 12.7. The second-order valence-electron chi connectivity index (χ2n) is 6.31. The van der Waals surface area contributed by atoms with E-state index in [1.54, 1.807) is 34.8 Å². The van der Waals surface area contributed by atoms with Gasteiger partial charge >= 0.3 is 0 Å². The molecule has 1 aliphatic rings. The summed E-state index contributed by atoms with van der Waals surface area (Å²) in [4.78, 5) is 30.9. The minimum atomic E-state index is -0.230. The van der Waals surface area contributed by atoms with Gasteiger partial charge in [0, 0.05) is 36.6 Å². The molecule has 1 aromatic carbocycles. The molecule has 0 fully saturated rings. The van der Waals surface area contributed by atoms with E-state index >= 15 is 0 Å². The highest BCUT2D eigenvalue weighted by Gasteiger charge is 2.23. The van der Waals surface area contributed by atoms with Gasteiger partial charge in [0.2, 0.25) is 5.91 Å². The van der Waals surface area contributed by atoms with E-state index in [-0.39, 0.29) is 11.8 Å². The summed E-state index contributed by atoms with van der Waals surface area (Å²) in [5, 5.41) is 7.06. The van der Waals surface area contributed by atoms with Gasteiger partial charge in [0.1, 0.15) is 0 Å². The normalized spacial score (nSPS) is 13.8. The number of benzene rings is 1. The Labute approximate surface area is 150 Å². The number of aromatic nitrogens is 3. The van der Waals surface area contributed by atoms with E-state index in [0.717, 1.165) is 11.3 Å². The van der Waals surface area contributed by atoms with Crippen LogP contribution in [0.15, 0.2) is 36.7 Å². The van der Waals surface area contributed by atoms with Crippen molar-refractivity contribution in [1.29, 1.82) is 0 Å². The molecule has 2 aromatic heterocycles. The van der Waals surface area contributed by atoms with Crippen molar-refractivity contribution in [2.75, 3.05) is 16.8 Å². The lowest BCUT2D eigenvalue weighted by Gasteiger charge is -2.28. The Bertz CT molecular complexity index is 1020. The average Bonchev–Trinajstić information content (AvgIpc) is 3.08. The van der Waals surface area contributed by atoms with E-state index < -0.39 is 0 Å². The molecule has 4 rings (SSSR count). The molecule has 0 atom stereocenters. The fourth-order valence-corrected chi connectivity index (χ4v) is 3.35. The first-order chi connectivity index (χ1) is 12.6. The van der Waals surface area contributed by atoms with Gasteiger partial charge in [-0.05, 0) is 44.0 Å². The third kappa shape index (κ3) is 2.71. The molecule has 132 valence electrons. The summed E-state index contributed by atoms with van der Waals surface area (Å²) in [6.07, 6.45) is 4.52. The Morgan fingerprint density at radius 2 is 2.12 bits per heavy atom. The number of rotatable bonds is 3. The highest BCUT2D eigenvalue weighted by atomic mass is 16.2. The van der Waals surface area contributed by atoms with Crippen molar-refractivity contribution in [3.8, 4) is 0 Å². The number of anilines is 2. The molecule has 7 nitrogen and oxygen atoms in total. The van der Waals surface area contributed by atoms with Crippen LogP contribution in [-0.4, -0.2) is 33.0 Å². The van der Waals surface area contributed by atoms with Crippen LogP contribution in [0.1, 0.15) is 35.0 Å². The second kappa shape index (κ2) is 6.25. The van der Waals surface area contributed by atoms with Gasteiger partial charge in [-0.3, -0.25) is 9.59 Å². The van der Waals surface area contributed by atoms with Crippen LogP contribution >= 0.6 is 0 Å². The van der Waals surface area contributed by atoms with Crippen LogP contribution < -0.4 is 10.2 Å². The standard InChI is InChI=1S/C19H19N5O2/c1-3-23-16-6-5-14(10-13(16)4-7-18(23)25)22-19(26)15-11-24-17(8-9-20-24)21-12(15)2/h5-6,8-11H,3-4,7H2,1-2H3,(H,22,26). The molecule has 3 aromatic rings. The Morgan fingerprint density at radius 3 is 2.92 bits per heavy atom. The van der Waals surface area contributed by atoms with Crippen LogP contribution in [0.3, 0.4) is 0 Å². The second-order valence-corrected chi connectivity index (χ2v) is 6.31. The molecular weight excluding hydrogens is 330 g/mol. The smallest absolute Gasteiger partial charge is 0.259 e. The van der Waals surface area contributed by atoms with Gasteiger partial charge in [-0.15, -0.1) is 0 Å². The zero-order valence-corrected chi connectivity index (χ0v) is 14.7. The average molecular weight is 349 g/mol. The van der Waals surface area contributed by atoms with Gasteiger partial charge in [-0.25, -0.2) is 9.50 Å². The van der Waals surface area contributed by atoms with Crippen molar-refractivity contribution < 1.29 is 9.59 Å². The number of nitrogens with one attached hydrogen (secondary N) is 1. The third-order valence-electron chi connectivity index (χ3n) is 4.67. The van der Waals surface area contributed by atoms with Crippen LogP contribution in [-0.2, 0) is 11.2 Å². The molecule has 2 amide bonds. The molecule has 3 heterocycles. The summed E-state index contributed by atoms with van der Waals surface area (Å²) in [6.45, 7) is 4.41. The lowest BCUT2D eigenvalue weighted by atomic mass is 10.0. The van der Waals surface area contributed by atoms with E-state index in [4.69, 9.17) is 0 Å². The van der Waals surface area contributed by atoms with Crippen LogP contribution in [0, 0.1) is 6.92 Å². The third-order valence-corrected chi connectivity index (χ3v) is 4.67. The van der Waals surface area contributed by atoms with Gasteiger partial charge in [-0.1, -0.05) is 0 Å². The topological polar surface area (TPSA) is 79.6 Å². The van der Waals surface area contributed by atoms with Crippen molar-refractivity contribution in [2.45, 2.75) is 26.7 Å². The Morgan fingerprint density at radius 1 is 1.27 bits per heavy atom. The number of carbonyl (C=O) groups is 2. The summed E-state index contributed by atoms with van der Waals surface area (Å²) < 4.78 is 1.58. The fraction of sp³-hybridized carbons (Fsp3) is 0.263. The first-order valence-electron chi connectivity index (χ1n) is 8.62. The fourth-order valence-electron chi connectivity index (χ4n) is 3.35. The molecule has 26 heavy (non-hydrogen) atoms. The maximum Gasteiger partial charge on any atom is 0.259 e. The summed E-state index contributed by atoms with van der Waals surface area (Å²) >= 11 is 0. The maximum absolute atomic E-state index is 12.7. The molecule has 0 aliphatic carbocycles. The Balaban J connectivity index is 1.61. The Hall–Kier alpha value is -3.22. The predicted molar refractivity (Wildman–Crippen MR) is 98.5 cm³/mol. The highest BCUT2D eigenvalue weighted by Crippen LogP contribution is 2.30. The minimum Gasteiger partial charge on any atom is -0.322 e. The van der Waals surface area contributed by atoms with E-state index in [0.29, 0.717) is 42.0 Å². The zero-order chi connectivity index (χ0) is 18.3. The quantitative estimate of drug-likeness (QED) is 0.788. The van der Waals surface area contributed by atoms with Crippen molar-refractivity contribution >= 4 is 28.8 Å². The highest BCUT2D eigenvalue weighted by molar-refractivity contribution is 6.05. The summed E-state index contributed by atoms with van der Waals surface area (Å²) in [5.74, 6) is -0.0856. The monoisotopic (exact) mass is 349 g/mol. The van der Waals surface area contributed by atoms with E-state index in [9.17, 15) is 9.59 Å². The van der Waals surface area contributed by atoms with E-state index in [2.05, 4.69) is 15.4 Å². The summed E-state index contributed by atoms with van der Waals surface area (Å²) in [6, 6.07) is 7.46. The molecule has 0 unspecified atom stereocenters. The molecule has 0 radical (unpaired) electrons. The van der Waals surface area contributed by atoms with Gasteiger partial charge in [0.05, 0.1) is 17.5 Å². The number of fused-ring (bicyclic) bond motifs is 2. The molecule has 1 N–H and O–H groups in total. The van der Waals surface area contributed by atoms with Gasteiger partial charge in [0.25, 0.3) is 5.91 Å². The molecule has 1 aliphatic heterocycles. The van der Waals surface area contributed by atoms with Crippen LogP contribution in [0.5, 0.6) is 0 Å². The predicted octanol–water partition coefficient (Wildman–Crippen LogP) is 2.59. The zero-order valence-electron chi connectivity index (χ0n) is 14.7. The molecule has 0 saturated carbocycles. The van der Waals surface area contributed by atoms with Crippen LogP contribution in [0.4, 0.5) is 11.4 Å². The number of aryl methyl sites for hydroxylation is 2. The SMILES string of the molecule is CCN1C(=O)CCc2cc(NC(=O)c3cn4nccc4nc3C)ccc21. The van der Waals surface area contributed by atoms with Gasteiger partial charge in [0.15, 0.2) is 5.65 Å². The summed E-state index contributed by atoms with van der Waals surface area (Å²) in [5.41, 5.74) is 4.54. The molecule has 0 saturated heterocycles. The molecule has 0 bridgehead atoms. The molecular formula is C19H19N5O2. The first-order valence-corrected chi connectivity index (χ1v) is 8.62. The lowest BCUT2D eigenvalue weighted by Crippen LogP contribution is -2.34. The van der Waals surface area contributed by atoms with E-state index in [1.165, 1.54) is 0 Å². The Kier molecular flexibility index (Phi) is 3.91.